The van der Waals surface area contributed by atoms with Crippen LogP contribution in [-0.4, -0.2) is 4.98 Å². The molecule has 0 aliphatic carbocycles. The van der Waals surface area contributed by atoms with Crippen molar-refractivity contribution in [3.05, 3.63) is 65.3 Å². The van der Waals surface area contributed by atoms with Crippen LogP contribution in [0.3, 0.4) is 0 Å². The van der Waals surface area contributed by atoms with E-state index in [1.807, 2.05) is 0 Å². The van der Waals surface area contributed by atoms with Crippen molar-refractivity contribution in [3.63, 3.8) is 0 Å². The highest BCUT2D eigenvalue weighted by Crippen LogP contribution is 2.39. The highest BCUT2D eigenvalue weighted by molar-refractivity contribution is 6.35. The van der Waals surface area contributed by atoms with Crippen molar-refractivity contribution >= 4 is 22.5 Å². The third-order valence-corrected chi connectivity index (χ3v) is 3.40. The van der Waals surface area contributed by atoms with Gasteiger partial charge in [-0.3, -0.25) is 4.98 Å². The van der Waals surface area contributed by atoms with Crippen LogP contribution in [0, 0.1) is 0 Å². The minimum atomic E-state index is -4.49. The number of alkyl halides is 3. The summed E-state index contributed by atoms with van der Waals surface area (Å²) in [7, 11) is 0. The lowest BCUT2D eigenvalue weighted by Gasteiger charge is -2.14. The maximum atomic E-state index is 13.0. The molecule has 1 aromatic heterocycles. The van der Waals surface area contributed by atoms with Crippen molar-refractivity contribution in [1.29, 1.82) is 0 Å². The normalized spacial score (nSPS) is 11.6. The molecule has 0 bridgehead atoms. The molecule has 0 spiro atoms. The van der Waals surface area contributed by atoms with Gasteiger partial charge in [0.25, 0.3) is 0 Å². The van der Waals surface area contributed by atoms with E-state index in [9.17, 15) is 13.2 Å². The van der Waals surface area contributed by atoms with E-state index in [0.29, 0.717) is 15.9 Å². The number of halogens is 4. The first kappa shape index (κ1) is 14.7. The van der Waals surface area contributed by atoms with Crippen molar-refractivity contribution < 1.29 is 17.9 Å². The third-order valence-electron chi connectivity index (χ3n) is 3.09. The van der Waals surface area contributed by atoms with Crippen LogP contribution in [0.5, 0.6) is 11.5 Å². The van der Waals surface area contributed by atoms with Gasteiger partial charge in [0.2, 0.25) is 0 Å². The molecule has 6 heteroatoms. The first-order valence-corrected chi connectivity index (χ1v) is 6.72. The van der Waals surface area contributed by atoms with Gasteiger partial charge in [0.15, 0.2) is 0 Å². The van der Waals surface area contributed by atoms with Gasteiger partial charge in [-0.15, -0.1) is 0 Å². The molecule has 0 atom stereocenters. The molecule has 112 valence electrons. The van der Waals surface area contributed by atoms with Crippen molar-refractivity contribution in [2.24, 2.45) is 0 Å². The van der Waals surface area contributed by atoms with Gasteiger partial charge >= 0.3 is 6.18 Å². The molecule has 0 amide bonds. The molecule has 0 aliphatic rings. The Morgan fingerprint density at radius 2 is 1.68 bits per heavy atom. The van der Waals surface area contributed by atoms with Crippen LogP contribution in [-0.2, 0) is 6.18 Å². The lowest BCUT2D eigenvalue weighted by Crippen LogP contribution is -2.06. The van der Waals surface area contributed by atoms with Crippen molar-refractivity contribution in [2.75, 3.05) is 0 Å². The van der Waals surface area contributed by atoms with E-state index in [4.69, 9.17) is 16.3 Å². The van der Waals surface area contributed by atoms with Crippen LogP contribution in [0.1, 0.15) is 5.56 Å². The summed E-state index contributed by atoms with van der Waals surface area (Å²) in [5.41, 5.74) is -0.354. The number of pyridine rings is 1. The van der Waals surface area contributed by atoms with Gasteiger partial charge in [0.1, 0.15) is 11.5 Å². The Morgan fingerprint density at radius 3 is 2.45 bits per heavy atom. The Kier molecular flexibility index (Phi) is 3.66. The molecule has 0 aliphatic heterocycles. The summed E-state index contributed by atoms with van der Waals surface area (Å²) in [6.07, 6.45) is -3.04. The molecule has 3 rings (SSSR count). The summed E-state index contributed by atoms with van der Waals surface area (Å²) in [6.45, 7) is 0. The molecule has 1 heterocycles. The van der Waals surface area contributed by atoms with Crippen LogP contribution in [0.2, 0.25) is 5.02 Å². The van der Waals surface area contributed by atoms with E-state index in [2.05, 4.69) is 4.98 Å². The molecule has 0 fully saturated rings. The number of benzene rings is 2. The molecule has 22 heavy (non-hydrogen) atoms. The fraction of sp³-hybridized carbons (Fsp3) is 0.0625. The SMILES string of the molecule is FC(F)(F)c1ccccc1Oc1ccnc2c(Cl)cccc12. The number of aromatic nitrogens is 1. The number of fused-ring (bicyclic) bond motifs is 1. The van der Waals surface area contributed by atoms with Gasteiger partial charge in [-0.25, -0.2) is 0 Å². The Labute approximate surface area is 129 Å². The molecule has 0 saturated carbocycles. The lowest BCUT2D eigenvalue weighted by atomic mass is 10.2. The number of hydrogen-bond donors (Lipinski definition) is 0. The lowest BCUT2D eigenvalue weighted by molar-refractivity contribution is -0.138. The second-order valence-electron chi connectivity index (χ2n) is 4.54. The van der Waals surface area contributed by atoms with Gasteiger partial charge in [-0.05, 0) is 30.3 Å². The molecule has 0 radical (unpaired) electrons. The average Bonchev–Trinajstić information content (AvgIpc) is 2.48. The van der Waals surface area contributed by atoms with Gasteiger partial charge < -0.3 is 4.74 Å². The monoisotopic (exact) mass is 323 g/mol. The smallest absolute Gasteiger partial charge is 0.419 e. The van der Waals surface area contributed by atoms with Crippen LogP contribution in [0.15, 0.2) is 54.7 Å². The highest BCUT2D eigenvalue weighted by atomic mass is 35.5. The molecule has 2 nitrogen and oxygen atoms in total. The van der Waals surface area contributed by atoms with Crippen molar-refractivity contribution in [2.45, 2.75) is 6.18 Å². The predicted octanol–water partition coefficient (Wildman–Crippen LogP) is 5.70. The van der Waals surface area contributed by atoms with E-state index in [1.54, 1.807) is 18.2 Å². The maximum absolute atomic E-state index is 13.0. The average molecular weight is 324 g/mol. The molecule has 0 saturated heterocycles. The standard InChI is InChI=1S/C16H9ClF3NO/c17-12-6-3-4-10-13(8-9-21-15(10)12)22-14-7-2-1-5-11(14)16(18,19)20/h1-9H. The zero-order valence-corrected chi connectivity index (χ0v) is 11.8. The molecular weight excluding hydrogens is 315 g/mol. The van der Waals surface area contributed by atoms with Gasteiger partial charge in [-0.2, -0.15) is 13.2 Å². The molecule has 2 aromatic carbocycles. The van der Waals surface area contributed by atoms with E-state index in [1.165, 1.54) is 30.5 Å². The van der Waals surface area contributed by atoms with Gasteiger partial charge in [-0.1, -0.05) is 29.8 Å². The second kappa shape index (κ2) is 5.50. The summed E-state index contributed by atoms with van der Waals surface area (Å²) in [4.78, 5) is 4.12. The van der Waals surface area contributed by atoms with Crippen LogP contribution < -0.4 is 4.74 Å². The van der Waals surface area contributed by atoms with Crippen LogP contribution in [0.4, 0.5) is 13.2 Å². The number of nitrogens with zero attached hydrogens (tertiary/aromatic N) is 1. The quantitative estimate of drug-likeness (QED) is 0.603. The van der Waals surface area contributed by atoms with E-state index in [0.717, 1.165) is 6.07 Å². The highest BCUT2D eigenvalue weighted by Gasteiger charge is 2.34. The van der Waals surface area contributed by atoms with Gasteiger partial charge in [0, 0.05) is 11.6 Å². The van der Waals surface area contributed by atoms with Crippen LogP contribution in [0.25, 0.3) is 10.9 Å². The summed E-state index contributed by atoms with van der Waals surface area (Å²) in [6, 6.07) is 11.6. The van der Waals surface area contributed by atoms with Crippen molar-refractivity contribution in [1.82, 2.24) is 4.98 Å². The fourth-order valence-corrected chi connectivity index (χ4v) is 2.34. The molecule has 3 aromatic rings. The predicted molar refractivity (Wildman–Crippen MR) is 78.3 cm³/mol. The zero-order chi connectivity index (χ0) is 15.7. The maximum Gasteiger partial charge on any atom is 0.419 e. The Balaban J connectivity index is 2.11. The Hall–Kier alpha value is -2.27. The van der Waals surface area contributed by atoms with E-state index in [-0.39, 0.29) is 11.5 Å². The van der Waals surface area contributed by atoms with E-state index < -0.39 is 11.7 Å². The largest absolute Gasteiger partial charge is 0.456 e. The first-order valence-electron chi connectivity index (χ1n) is 6.34. The summed E-state index contributed by atoms with van der Waals surface area (Å²) < 4.78 is 44.5. The number of rotatable bonds is 2. The summed E-state index contributed by atoms with van der Waals surface area (Å²) in [5, 5.41) is 0.957. The summed E-state index contributed by atoms with van der Waals surface area (Å²) >= 11 is 6.04. The number of para-hydroxylation sites is 2. The number of hydrogen-bond acceptors (Lipinski definition) is 2. The third kappa shape index (κ3) is 2.72. The topological polar surface area (TPSA) is 22.1 Å². The molecule has 0 N–H and O–H groups in total. The van der Waals surface area contributed by atoms with E-state index >= 15 is 0 Å². The Morgan fingerprint density at radius 1 is 0.909 bits per heavy atom. The van der Waals surface area contributed by atoms with Gasteiger partial charge in [0.05, 0.1) is 16.1 Å². The number of ether oxygens (including phenoxy) is 1. The molecular formula is C16H9ClF3NO. The van der Waals surface area contributed by atoms with Crippen LogP contribution >= 0.6 is 11.6 Å². The Bertz CT molecular complexity index is 833. The molecule has 0 unspecified atom stereocenters. The fourth-order valence-electron chi connectivity index (χ4n) is 2.11. The first-order chi connectivity index (χ1) is 10.5. The minimum absolute atomic E-state index is 0.262. The summed E-state index contributed by atoms with van der Waals surface area (Å²) in [5.74, 6) is 0.00618. The minimum Gasteiger partial charge on any atom is -0.456 e. The van der Waals surface area contributed by atoms with Crippen molar-refractivity contribution in [3.8, 4) is 11.5 Å². The second-order valence-corrected chi connectivity index (χ2v) is 4.95. The zero-order valence-electron chi connectivity index (χ0n) is 11.1.